The topological polar surface area (TPSA) is 50.8 Å². The van der Waals surface area contributed by atoms with Gasteiger partial charge in [0, 0.05) is 13.1 Å². The lowest BCUT2D eigenvalue weighted by Crippen LogP contribution is -2.34. The van der Waals surface area contributed by atoms with E-state index in [1.807, 2.05) is 30.1 Å². The molecule has 0 saturated heterocycles. The van der Waals surface area contributed by atoms with Crippen molar-refractivity contribution in [3.63, 3.8) is 0 Å². The van der Waals surface area contributed by atoms with Crippen LogP contribution in [0.1, 0.15) is 16.7 Å². The minimum Gasteiger partial charge on any atom is -0.493 e. The molecule has 0 fully saturated rings. The maximum Gasteiger partial charge on any atom is 0.234 e. The summed E-state index contributed by atoms with van der Waals surface area (Å²) in [5.74, 6) is 1.32. The van der Waals surface area contributed by atoms with E-state index >= 15 is 0 Å². The van der Waals surface area contributed by atoms with Gasteiger partial charge in [0.15, 0.2) is 11.5 Å². The molecule has 0 saturated carbocycles. The largest absolute Gasteiger partial charge is 0.493 e. The maximum atomic E-state index is 12.1. The second kappa shape index (κ2) is 9.08. The highest BCUT2D eigenvalue weighted by Crippen LogP contribution is 2.27. The van der Waals surface area contributed by atoms with Crippen LogP contribution in [0.3, 0.4) is 0 Å². The SMILES string of the molecule is COc1ccc(CNC(=O)CN(C)Cc2ccc(C)cc2)cc1OC. The van der Waals surface area contributed by atoms with E-state index in [4.69, 9.17) is 9.47 Å². The van der Waals surface area contributed by atoms with Crippen molar-refractivity contribution in [2.45, 2.75) is 20.0 Å². The quantitative estimate of drug-likeness (QED) is 0.801. The van der Waals surface area contributed by atoms with Gasteiger partial charge < -0.3 is 14.8 Å². The number of methoxy groups -OCH3 is 2. The summed E-state index contributed by atoms with van der Waals surface area (Å²) in [4.78, 5) is 14.1. The number of nitrogens with one attached hydrogen (secondary N) is 1. The summed E-state index contributed by atoms with van der Waals surface area (Å²) < 4.78 is 10.5. The molecular formula is C20H26N2O3. The van der Waals surface area contributed by atoms with Crippen molar-refractivity contribution in [1.82, 2.24) is 10.2 Å². The minimum atomic E-state index is -0.00982. The molecule has 1 N–H and O–H groups in total. The highest BCUT2D eigenvalue weighted by Gasteiger charge is 2.09. The van der Waals surface area contributed by atoms with E-state index in [1.165, 1.54) is 11.1 Å². The van der Waals surface area contributed by atoms with Gasteiger partial charge in [-0.1, -0.05) is 35.9 Å². The summed E-state index contributed by atoms with van der Waals surface area (Å²) in [6, 6.07) is 14.0. The van der Waals surface area contributed by atoms with Gasteiger partial charge in [0.25, 0.3) is 0 Å². The van der Waals surface area contributed by atoms with E-state index in [9.17, 15) is 4.79 Å². The molecule has 0 unspecified atom stereocenters. The number of nitrogens with zero attached hydrogens (tertiary/aromatic N) is 1. The summed E-state index contributed by atoms with van der Waals surface area (Å²) in [6.07, 6.45) is 0. The van der Waals surface area contributed by atoms with Crippen LogP contribution in [0.4, 0.5) is 0 Å². The molecule has 5 nitrogen and oxygen atoms in total. The Bertz CT molecular complexity index is 699. The Morgan fingerprint density at radius 2 is 1.64 bits per heavy atom. The number of rotatable bonds is 8. The van der Waals surface area contributed by atoms with Crippen molar-refractivity contribution in [3.8, 4) is 11.5 Å². The van der Waals surface area contributed by atoms with Crippen LogP contribution in [-0.2, 0) is 17.9 Å². The van der Waals surface area contributed by atoms with Crippen LogP contribution in [-0.4, -0.2) is 38.6 Å². The molecule has 0 bridgehead atoms. The zero-order valence-electron chi connectivity index (χ0n) is 15.3. The molecule has 2 aromatic rings. The molecule has 0 aromatic heterocycles. The van der Waals surface area contributed by atoms with Crippen molar-refractivity contribution >= 4 is 5.91 Å². The van der Waals surface area contributed by atoms with E-state index in [1.54, 1.807) is 14.2 Å². The number of carbonyl (C=O) groups is 1. The fraction of sp³-hybridized carbons (Fsp3) is 0.350. The molecule has 0 heterocycles. The predicted octanol–water partition coefficient (Wildman–Crippen LogP) is 2.76. The van der Waals surface area contributed by atoms with Crippen molar-refractivity contribution in [2.75, 3.05) is 27.8 Å². The molecule has 25 heavy (non-hydrogen) atoms. The van der Waals surface area contributed by atoms with E-state index in [2.05, 4.69) is 36.5 Å². The third kappa shape index (κ3) is 5.80. The highest BCUT2D eigenvalue weighted by atomic mass is 16.5. The van der Waals surface area contributed by atoms with Crippen molar-refractivity contribution in [2.24, 2.45) is 0 Å². The van der Waals surface area contributed by atoms with Crippen LogP contribution in [0.2, 0.25) is 0 Å². The Morgan fingerprint density at radius 1 is 1.00 bits per heavy atom. The minimum absolute atomic E-state index is 0.00982. The first-order chi connectivity index (χ1) is 12.0. The van der Waals surface area contributed by atoms with Gasteiger partial charge in [0.2, 0.25) is 5.91 Å². The van der Waals surface area contributed by atoms with Crippen LogP contribution in [0.15, 0.2) is 42.5 Å². The lowest BCUT2D eigenvalue weighted by atomic mass is 10.1. The van der Waals surface area contributed by atoms with Crippen LogP contribution in [0, 0.1) is 6.92 Å². The molecule has 134 valence electrons. The average molecular weight is 342 g/mol. The molecule has 0 aliphatic rings. The van der Waals surface area contributed by atoms with Gasteiger partial charge in [0.1, 0.15) is 0 Å². The number of carbonyl (C=O) groups excluding carboxylic acids is 1. The fourth-order valence-corrected chi connectivity index (χ4v) is 2.55. The number of aryl methyl sites for hydroxylation is 1. The molecule has 0 atom stereocenters. The Labute approximate surface area is 149 Å². The third-order valence-corrected chi connectivity index (χ3v) is 3.92. The van der Waals surface area contributed by atoms with Crippen molar-refractivity contribution in [1.29, 1.82) is 0 Å². The van der Waals surface area contributed by atoms with Gasteiger partial charge in [-0.15, -0.1) is 0 Å². The molecule has 2 rings (SSSR count). The van der Waals surface area contributed by atoms with Gasteiger partial charge in [-0.3, -0.25) is 9.69 Å². The van der Waals surface area contributed by atoms with E-state index in [0.29, 0.717) is 24.6 Å². The normalized spacial score (nSPS) is 10.6. The average Bonchev–Trinajstić information content (AvgIpc) is 2.61. The molecule has 0 spiro atoms. The Balaban J connectivity index is 1.82. The number of hydrogen-bond acceptors (Lipinski definition) is 4. The van der Waals surface area contributed by atoms with Crippen molar-refractivity contribution < 1.29 is 14.3 Å². The zero-order valence-corrected chi connectivity index (χ0v) is 15.3. The maximum absolute atomic E-state index is 12.1. The highest BCUT2D eigenvalue weighted by molar-refractivity contribution is 5.78. The molecular weight excluding hydrogens is 316 g/mol. The standard InChI is InChI=1S/C20H26N2O3/c1-15-5-7-16(8-6-15)13-22(2)14-20(23)21-12-17-9-10-18(24-3)19(11-17)25-4/h5-11H,12-14H2,1-4H3,(H,21,23). The number of amides is 1. The molecule has 0 aliphatic carbocycles. The van der Waals surface area contributed by atoms with Crippen LogP contribution >= 0.6 is 0 Å². The number of hydrogen-bond donors (Lipinski definition) is 1. The van der Waals surface area contributed by atoms with E-state index in [-0.39, 0.29) is 5.91 Å². The summed E-state index contributed by atoms with van der Waals surface area (Å²) in [5, 5.41) is 2.94. The molecule has 0 radical (unpaired) electrons. The zero-order chi connectivity index (χ0) is 18.2. The second-order valence-corrected chi connectivity index (χ2v) is 6.12. The summed E-state index contributed by atoms with van der Waals surface area (Å²) in [5.41, 5.74) is 3.40. The first kappa shape index (κ1) is 18.8. The number of ether oxygens (including phenoxy) is 2. The van der Waals surface area contributed by atoms with Gasteiger partial charge in [0.05, 0.1) is 20.8 Å². The first-order valence-electron chi connectivity index (χ1n) is 8.23. The number of likely N-dealkylation sites (N-methyl/N-ethyl adjacent to an activating group) is 1. The third-order valence-electron chi connectivity index (χ3n) is 3.92. The summed E-state index contributed by atoms with van der Waals surface area (Å²) in [7, 11) is 5.14. The monoisotopic (exact) mass is 342 g/mol. The smallest absolute Gasteiger partial charge is 0.234 e. The lowest BCUT2D eigenvalue weighted by Gasteiger charge is -2.17. The second-order valence-electron chi connectivity index (χ2n) is 6.12. The molecule has 1 amide bonds. The van der Waals surface area contributed by atoms with Gasteiger partial charge in [-0.2, -0.15) is 0 Å². The predicted molar refractivity (Wildman–Crippen MR) is 98.9 cm³/mol. The summed E-state index contributed by atoms with van der Waals surface area (Å²) >= 11 is 0. The van der Waals surface area contributed by atoms with Crippen LogP contribution in [0.5, 0.6) is 11.5 Å². The van der Waals surface area contributed by atoms with Gasteiger partial charge in [-0.05, 0) is 37.2 Å². The molecule has 2 aromatic carbocycles. The fourth-order valence-electron chi connectivity index (χ4n) is 2.55. The van der Waals surface area contributed by atoms with Gasteiger partial charge in [-0.25, -0.2) is 0 Å². The van der Waals surface area contributed by atoms with Crippen LogP contribution in [0.25, 0.3) is 0 Å². The molecule has 5 heteroatoms. The van der Waals surface area contributed by atoms with Crippen LogP contribution < -0.4 is 14.8 Å². The van der Waals surface area contributed by atoms with Gasteiger partial charge >= 0.3 is 0 Å². The number of benzene rings is 2. The first-order valence-corrected chi connectivity index (χ1v) is 8.23. The van der Waals surface area contributed by atoms with E-state index < -0.39 is 0 Å². The summed E-state index contributed by atoms with van der Waals surface area (Å²) in [6.45, 7) is 3.61. The Hall–Kier alpha value is -2.53. The Kier molecular flexibility index (Phi) is 6.83. The van der Waals surface area contributed by atoms with Crippen molar-refractivity contribution in [3.05, 3.63) is 59.2 Å². The van der Waals surface area contributed by atoms with E-state index in [0.717, 1.165) is 12.1 Å². The lowest BCUT2D eigenvalue weighted by molar-refractivity contribution is -0.122. The molecule has 0 aliphatic heterocycles. The Morgan fingerprint density at radius 3 is 2.28 bits per heavy atom.